The van der Waals surface area contributed by atoms with Crippen molar-refractivity contribution in [2.24, 2.45) is 5.92 Å². The van der Waals surface area contributed by atoms with Gasteiger partial charge < -0.3 is 15.1 Å². The number of nitrogens with zero attached hydrogens (tertiary/aromatic N) is 2. The molecular weight excluding hydrogens is 302 g/mol. The standard InChI is InChI=1S/C19H27N3O2/c1-13(2)20-19(24)22-10-8-21(9-11-22)18(23)17-12-16(17)15-7-5-4-6-14(15)3/h4-7,13,16-17H,8-12H2,1-3H3,(H,20,24)/t16-,17-/m0/s1. The lowest BCUT2D eigenvalue weighted by Crippen LogP contribution is -2.54. The van der Waals surface area contributed by atoms with E-state index in [1.54, 1.807) is 4.90 Å². The number of aryl methyl sites for hydroxylation is 1. The second-order valence-corrected chi connectivity index (χ2v) is 7.22. The number of benzene rings is 1. The number of rotatable bonds is 3. The topological polar surface area (TPSA) is 52.7 Å². The molecule has 130 valence electrons. The summed E-state index contributed by atoms with van der Waals surface area (Å²) in [6.07, 6.45) is 0.956. The number of amides is 3. The third-order valence-electron chi connectivity index (χ3n) is 4.99. The first-order valence-electron chi connectivity index (χ1n) is 8.87. The smallest absolute Gasteiger partial charge is 0.317 e. The Morgan fingerprint density at radius 3 is 2.33 bits per heavy atom. The third-order valence-corrected chi connectivity index (χ3v) is 4.99. The monoisotopic (exact) mass is 329 g/mol. The van der Waals surface area contributed by atoms with Crippen LogP contribution in [0.15, 0.2) is 24.3 Å². The zero-order valence-electron chi connectivity index (χ0n) is 14.8. The average Bonchev–Trinajstić information content (AvgIpc) is 3.34. The van der Waals surface area contributed by atoms with Crippen LogP contribution in [0.25, 0.3) is 0 Å². The molecule has 2 atom stereocenters. The molecule has 0 radical (unpaired) electrons. The summed E-state index contributed by atoms with van der Waals surface area (Å²) in [7, 11) is 0. The van der Waals surface area contributed by atoms with Gasteiger partial charge in [-0.2, -0.15) is 0 Å². The number of carbonyl (C=O) groups excluding carboxylic acids is 2. The summed E-state index contributed by atoms with van der Waals surface area (Å²) >= 11 is 0. The van der Waals surface area contributed by atoms with Crippen molar-refractivity contribution in [1.82, 2.24) is 15.1 Å². The maximum atomic E-state index is 12.7. The van der Waals surface area contributed by atoms with Gasteiger partial charge in [-0.15, -0.1) is 0 Å². The van der Waals surface area contributed by atoms with Gasteiger partial charge in [-0.25, -0.2) is 4.79 Å². The molecule has 1 saturated carbocycles. The van der Waals surface area contributed by atoms with Gasteiger partial charge in [-0.3, -0.25) is 4.79 Å². The number of carbonyl (C=O) groups is 2. The number of hydrogen-bond acceptors (Lipinski definition) is 2. The largest absolute Gasteiger partial charge is 0.339 e. The summed E-state index contributed by atoms with van der Waals surface area (Å²) in [6, 6.07) is 8.45. The number of nitrogens with one attached hydrogen (secondary N) is 1. The first-order chi connectivity index (χ1) is 11.5. The molecule has 1 aromatic carbocycles. The van der Waals surface area contributed by atoms with Crippen molar-refractivity contribution < 1.29 is 9.59 Å². The van der Waals surface area contributed by atoms with Crippen LogP contribution >= 0.6 is 0 Å². The van der Waals surface area contributed by atoms with Gasteiger partial charge in [0.15, 0.2) is 0 Å². The van der Waals surface area contributed by atoms with Crippen LogP contribution in [-0.2, 0) is 4.79 Å². The highest BCUT2D eigenvalue weighted by Crippen LogP contribution is 2.49. The molecule has 1 saturated heterocycles. The second kappa shape index (κ2) is 6.83. The molecule has 5 heteroatoms. The second-order valence-electron chi connectivity index (χ2n) is 7.22. The molecule has 5 nitrogen and oxygen atoms in total. The highest BCUT2D eigenvalue weighted by molar-refractivity contribution is 5.83. The Hall–Kier alpha value is -2.04. The van der Waals surface area contributed by atoms with Crippen molar-refractivity contribution in [3.8, 4) is 0 Å². The number of urea groups is 1. The van der Waals surface area contributed by atoms with Gasteiger partial charge in [0, 0.05) is 38.1 Å². The first-order valence-corrected chi connectivity index (χ1v) is 8.87. The van der Waals surface area contributed by atoms with Crippen molar-refractivity contribution in [3.05, 3.63) is 35.4 Å². The molecule has 2 fully saturated rings. The molecule has 0 unspecified atom stereocenters. The Morgan fingerprint density at radius 2 is 1.71 bits per heavy atom. The molecule has 2 aliphatic rings. The Bertz CT molecular complexity index is 621. The van der Waals surface area contributed by atoms with E-state index in [1.807, 2.05) is 30.9 Å². The van der Waals surface area contributed by atoms with Gasteiger partial charge in [0.2, 0.25) is 5.91 Å². The van der Waals surface area contributed by atoms with Crippen LogP contribution < -0.4 is 5.32 Å². The van der Waals surface area contributed by atoms with E-state index in [9.17, 15) is 9.59 Å². The van der Waals surface area contributed by atoms with E-state index < -0.39 is 0 Å². The van der Waals surface area contributed by atoms with Crippen LogP contribution in [0, 0.1) is 12.8 Å². The zero-order chi connectivity index (χ0) is 17.3. The predicted octanol–water partition coefficient (Wildman–Crippen LogP) is 2.36. The average molecular weight is 329 g/mol. The van der Waals surface area contributed by atoms with E-state index in [0.29, 0.717) is 32.1 Å². The molecule has 24 heavy (non-hydrogen) atoms. The quantitative estimate of drug-likeness (QED) is 0.925. The summed E-state index contributed by atoms with van der Waals surface area (Å²) < 4.78 is 0. The van der Waals surface area contributed by atoms with Gasteiger partial charge in [0.1, 0.15) is 0 Å². The number of hydrogen-bond donors (Lipinski definition) is 1. The minimum atomic E-state index is -0.0266. The Labute approximate surface area is 144 Å². The van der Waals surface area contributed by atoms with Crippen LogP contribution in [0.5, 0.6) is 0 Å². The van der Waals surface area contributed by atoms with E-state index in [4.69, 9.17) is 0 Å². The van der Waals surface area contributed by atoms with Gasteiger partial charge in [0.05, 0.1) is 0 Å². The molecule has 3 rings (SSSR count). The van der Waals surface area contributed by atoms with E-state index >= 15 is 0 Å². The van der Waals surface area contributed by atoms with E-state index in [2.05, 4.69) is 24.4 Å². The summed E-state index contributed by atoms with van der Waals surface area (Å²) in [5.74, 6) is 0.760. The highest BCUT2D eigenvalue weighted by Gasteiger charge is 2.46. The lowest BCUT2D eigenvalue weighted by molar-refractivity contribution is -0.134. The molecular formula is C19H27N3O2. The minimum Gasteiger partial charge on any atom is -0.339 e. The van der Waals surface area contributed by atoms with Crippen molar-refractivity contribution in [2.45, 2.75) is 39.2 Å². The van der Waals surface area contributed by atoms with Gasteiger partial charge in [-0.1, -0.05) is 24.3 Å². The fourth-order valence-electron chi connectivity index (χ4n) is 3.52. The minimum absolute atomic E-state index is 0.0266. The van der Waals surface area contributed by atoms with Crippen LogP contribution in [0.4, 0.5) is 4.79 Å². The predicted molar refractivity (Wildman–Crippen MR) is 93.8 cm³/mol. The molecule has 1 aliphatic heterocycles. The summed E-state index contributed by atoms with van der Waals surface area (Å²) in [6.45, 7) is 8.54. The molecule has 1 heterocycles. The SMILES string of the molecule is Cc1ccccc1[C@@H]1C[C@@H]1C(=O)N1CCN(C(=O)NC(C)C)CC1. The fourth-order valence-corrected chi connectivity index (χ4v) is 3.52. The van der Waals surface area contributed by atoms with E-state index in [1.165, 1.54) is 11.1 Å². The summed E-state index contributed by atoms with van der Waals surface area (Å²) in [5.41, 5.74) is 2.58. The highest BCUT2D eigenvalue weighted by atomic mass is 16.2. The molecule has 1 N–H and O–H groups in total. The molecule has 0 spiro atoms. The summed E-state index contributed by atoms with van der Waals surface area (Å²) in [4.78, 5) is 28.5. The van der Waals surface area contributed by atoms with Crippen molar-refractivity contribution in [1.29, 1.82) is 0 Å². The Kier molecular flexibility index (Phi) is 4.78. The lowest BCUT2D eigenvalue weighted by atomic mass is 10.0. The van der Waals surface area contributed by atoms with E-state index in [-0.39, 0.29) is 23.9 Å². The molecule has 3 amide bonds. The zero-order valence-corrected chi connectivity index (χ0v) is 14.8. The van der Waals surface area contributed by atoms with Crippen LogP contribution in [0.3, 0.4) is 0 Å². The normalized spacial score (nSPS) is 23.3. The van der Waals surface area contributed by atoms with Crippen molar-refractivity contribution in [3.63, 3.8) is 0 Å². The van der Waals surface area contributed by atoms with Gasteiger partial charge in [0.25, 0.3) is 0 Å². The number of piperazine rings is 1. The van der Waals surface area contributed by atoms with Crippen LogP contribution in [0.2, 0.25) is 0 Å². The molecule has 0 aromatic heterocycles. The van der Waals surface area contributed by atoms with Gasteiger partial charge >= 0.3 is 6.03 Å². The van der Waals surface area contributed by atoms with Crippen molar-refractivity contribution >= 4 is 11.9 Å². The molecule has 1 aliphatic carbocycles. The van der Waals surface area contributed by atoms with Crippen LogP contribution in [-0.4, -0.2) is 54.0 Å². The maximum Gasteiger partial charge on any atom is 0.317 e. The third kappa shape index (κ3) is 3.55. The first kappa shape index (κ1) is 16.8. The van der Waals surface area contributed by atoms with E-state index in [0.717, 1.165) is 6.42 Å². The lowest BCUT2D eigenvalue weighted by Gasteiger charge is -2.35. The summed E-state index contributed by atoms with van der Waals surface area (Å²) in [5, 5.41) is 2.91. The Morgan fingerprint density at radius 1 is 1.08 bits per heavy atom. The Balaban J connectivity index is 1.52. The molecule has 0 bridgehead atoms. The van der Waals surface area contributed by atoms with Gasteiger partial charge in [-0.05, 0) is 44.2 Å². The maximum absolute atomic E-state index is 12.7. The van der Waals surface area contributed by atoms with Crippen molar-refractivity contribution in [2.75, 3.05) is 26.2 Å². The molecule has 1 aromatic rings. The fraction of sp³-hybridized carbons (Fsp3) is 0.579. The van der Waals surface area contributed by atoms with Crippen LogP contribution in [0.1, 0.15) is 37.3 Å².